The summed E-state index contributed by atoms with van der Waals surface area (Å²) in [7, 11) is 2.15. The minimum absolute atomic E-state index is 0.302. The Hall–Kier alpha value is -1.41. The lowest BCUT2D eigenvalue weighted by atomic mass is 10.1. The van der Waals surface area contributed by atoms with Crippen molar-refractivity contribution >= 4 is 0 Å². The summed E-state index contributed by atoms with van der Waals surface area (Å²) in [5.74, 6) is -0.302. The molecule has 0 aromatic heterocycles. The Morgan fingerprint density at radius 2 is 2.00 bits per heavy atom. The summed E-state index contributed by atoms with van der Waals surface area (Å²) in [6, 6.07) is 10.5. The molecule has 2 aliphatic rings. The van der Waals surface area contributed by atoms with Gasteiger partial charge in [-0.2, -0.15) is 5.26 Å². The van der Waals surface area contributed by atoms with Crippen molar-refractivity contribution in [1.82, 2.24) is 4.90 Å². The summed E-state index contributed by atoms with van der Waals surface area (Å²) in [6.45, 7) is 2.35. The zero-order valence-corrected chi connectivity index (χ0v) is 11.8. The van der Waals surface area contributed by atoms with E-state index in [1.165, 1.54) is 5.56 Å². The topological polar surface area (TPSA) is 45.5 Å². The molecule has 1 aliphatic carbocycles. The van der Waals surface area contributed by atoms with Crippen LogP contribution in [-0.2, 0) is 16.0 Å². The maximum atomic E-state index is 8.81. The van der Waals surface area contributed by atoms with Gasteiger partial charge in [-0.1, -0.05) is 12.1 Å². The van der Waals surface area contributed by atoms with E-state index in [1.54, 1.807) is 0 Å². The molecule has 1 aromatic rings. The SMILES string of the molecule is CN(Cc1ccc(C#N)cc1)C1CCC2(C1)OCCO2. The molecule has 106 valence electrons. The third-order valence-electron chi connectivity index (χ3n) is 4.36. The second-order valence-electron chi connectivity index (χ2n) is 5.73. The highest BCUT2D eigenvalue weighted by Crippen LogP contribution is 2.39. The molecule has 1 atom stereocenters. The van der Waals surface area contributed by atoms with E-state index in [-0.39, 0.29) is 5.79 Å². The average Bonchev–Trinajstić information content (AvgIpc) is 3.10. The van der Waals surface area contributed by atoms with Crippen LogP contribution < -0.4 is 0 Å². The van der Waals surface area contributed by atoms with Gasteiger partial charge in [-0.15, -0.1) is 0 Å². The Morgan fingerprint density at radius 1 is 1.30 bits per heavy atom. The highest BCUT2D eigenvalue weighted by Gasteiger charge is 2.45. The molecule has 1 aliphatic heterocycles. The molecule has 3 rings (SSSR count). The van der Waals surface area contributed by atoms with Crippen LogP contribution >= 0.6 is 0 Å². The van der Waals surface area contributed by atoms with Crippen LogP contribution in [0.1, 0.15) is 30.4 Å². The number of rotatable bonds is 3. The van der Waals surface area contributed by atoms with Gasteiger partial charge in [-0.05, 0) is 31.2 Å². The molecule has 1 spiro atoms. The standard InChI is InChI=1S/C16H20N2O2/c1-18(12-14-4-2-13(11-17)3-5-14)15-6-7-16(10-15)19-8-9-20-16/h2-5,15H,6-10,12H2,1H3. The normalized spacial score (nSPS) is 24.4. The van der Waals surface area contributed by atoms with E-state index in [2.05, 4.69) is 18.0 Å². The van der Waals surface area contributed by atoms with Crippen molar-refractivity contribution in [3.63, 3.8) is 0 Å². The van der Waals surface area contributed by atoms with Gasteiger partial charge in [0.15, 0.2) is 5.79 Å². The number of hydrogen-bond donors (Lipinski definition) is 0. The maximum Gasteiger partial charge on any atom is 0.170 e. The first-order valence-corrected chi connectivity index (χ1v) is 7.18. The molecule has 0 bridgehead atoms. The smallest absolute Gasteiger partial charge is 0.170 e. The van der Waals surface area contributed by atoms with Crippen molar-refractivity contribution in [3.05, 3.63) is 35.4 Å². The third-order valence-corrected chi connectivity index (χ3v) is 4.36. The molecule has 1 aromatic carbocycles. The Balaban J connectivity index is 1.59. The number of nitriles is 1. The summed E-state index contributed by atoms with van der Waals surface area (Å²) in [6.07, 6.45) is 3.07. The van der Waals surface area contributed by atoms with Crippen LogP contribution in [0.2, 0.25) is 0 Å². The van der Waals surface area contributed by atoms with Crippen molar-refractivity contribution in [2.24, 2.45) is 0 Å². The van der Waals surface area contributed by atoms with Gasteiger partial charge in [0, 0.05) is 25.4 Å². The lowest BCUT2D eigenvalue weighted by Gasteiger charge is -2.26. The van der Waals surface area contributed by atoms with Gasteiger partial charge in [0.2, 0.25) is 0 Å². The van der Waals surface area contributed by atoms with E-state index in [0.717, 1.165) is 39.0 Å². The van der Waals surface area contributed by atoms with Crippen molar-refractivity contribution in [2.45, 2.75) is 37.6 Å². The first-order valence-electron chi connectivity index (χ1n) is 7.18. The van der Waals surface area contributed by atoms with Crippen LogP contribution in [-0.4, -0.2) is 37.0 Å². The van der Waals surface area contributed by atoms with Crippen LogP contribution in [0, 0.1) is 11.3 Å². The van der Waals surface area contributed by atoms with Crippen molar-refractivity contribution < 1.29 is 9.47 Å². The van der Waals surface area contributed by atoms with Crippen LogP contribution in [0.3, 0.4) is 0 Å². The summed E-state index contributed by atoms with van der Waals surface area (Å²) in [5.41, 5.74) is 1.95. The fourth-order valence-corrected chi connectivity index (χ4v) is 3.19. The van der Waals surface area contributed by atoms with Gasteiger partial charge < -0.3 is 9.47 Å². The molecular weight excluding hydrogens is 252 g/mol. The molecule has 0 amide bonds. The van der Waals surface area contributed by atoms with Crippen molar-refractivity contribution in [3.8, 4) is 6.07 Å². The predicted molar refractivity (Wildman–Crippen MR) is 74.9 cm³/mol. The number of benzene rings is 1. The Morgan fingerprint density at radius 3 is 2.65 bits per heavy atom. The third kappa shape index (κ3) is 2.71. The molecule has 0 N–H and O–H groups in total. The fourth-order valence-electron chi connectivity index (χ4n) is 3.19. The van der Waals surface area contributed by atoms with E-state index < -0.39 is 0 Å². The second kappa shape index (κ2) is 5.53. The average molecular weight is 272 g/mol. The molecule has 1 unspecified atom stereocenters. The van der Waals surface area contributed by atoms with Gasteiger partial charge >= 0.3 is 0 Å². The molecule has 1 saturated carbocycles. The van der Waals surface area contributed by atoms with Gasteiger partial charge in [0.1, 0.15) is 0 Å². The number of hydrogen-bond acceptors (Lipinski definition) is 4. The van der Waals surface area contributed by atoms with E-state index in [4.69, 9.17) is 14.7 Å². The van der Waals surface area contributed by atoms with E-state index >= 15 is 0 Å². The predicted octanol–water partition coefficient (Wildman–Crippen LogP) is 2.29. The summed E-state index contributed by atoms with van der Waals surface area (Å²) >= 11 is 0. The molecule has 1 saturated heterocycles. The fraction of sp³-hybridized carbons (Fsp3) is 0.562. The Kier molecular flexibility index (Phi) is 3.75. The molecular formula is C16H20N2O2. The summed E-state index contributed by atoms with van der Waals surface area (Å²) < 4.78 is 11.6. The first kappa shape index (κ1) is 13.6. The van der Waals surface area contributed by atoms with Gasteiger partial charge in [-0.25, -0.2) is 0 Å². The second-order valence-corrected chi connectivity index (χ2v) is 5.73. The number of ether oxygens (including phenoxy) is 2. The van der Waals surface area contributed by atoms with Crippen LogP contribution in [0.4, 0.5) is 0 Å². The minimum atomic E-state index is -0.302. The van der Waals surface area contributed by atoms with Crippen molar-refractivity contribution in [2.75, 3.05) is 20.3 Å². The summed E-state index contributed by atoms with van der Waals surface area (Å²) in [4.78, 5) is 2.36. The monoisotopic (exact) mass is 272 g/mol. The molecule has 2 fully saturated rings. The summed E-state index contributed by atoms with van der Waals surface area (Å²) in [5, 5.41) is 8.81. The van der Waals surface area contributed by atoms with Crippen LogP contribution in [0.25, 0.3) is 0 Å². The van der Waals surface area contributed by atoms with Gasteiger partial charge in [0.25, 0.3) is 0 Å². The molecule has 20 heavy (non-hydrogen) atoms. The zero-order valence-electron chi connectivity index (χ0n) is 11.8. The quantitative estimate of drug-likeness (QED) is 0.847. The van der Waals surface area contributed by atoms with E-state index in [0.29, 0.717) is 11.6 Å². The highest BCUT2D eigenvalue weighted by atomic mass is 16.7. The largest absolute Gasteiger partial charge is 0.347 e. The minimum Gasteiger partial charge on any atom is -0.347 e. The lowest BCUT2D eigenvalue weighted by Crippen LogP contribution is -2.33. The molecule has 0 radical (unpaired) electrons. The maximum absolute atomic E-state index is 8.81. The molecule has 4 nitrogen and oxygen atoms in total. The van der Waals surface area contributed by atoms with Crippen molar-refractivity contribution in [1.29, 1.82) is 5.26 Å². The lowest BCUT2D eigenvalue weighted by molar-refractivity contribution is -0.153. The number of nitrogens with zero attached hydrogens (tertiary/aromatic N) is 2. The zero-order chi connectivity index (χ0) is 14.0. The van der Waals surface area contributed by atoms with E-state index in [9.17, 15) is 0 Å². The van der Waals surface area contributed by atoms with Crippen LogP contribution in [0.5, 0.6) is 0 Å². The van der Waals surface area contributed by atoms with Gasteiger partial charge in [0.05, 0.1) is 24.8 Å². The van der Waals surface area contributed by atoms with Gasteiger partial charge in [-0.3, -0.25) is 4.90 Å². The Labute approximate surface area is 119 Å². The highest BCUT2D eigenvalue weighted by molar-refractivity contribution is 5.31. The van der Waals surface area contributed by atoms with E-state index in [1.807, 2.05) is 24.3 Å². The molecule has 1 heterocycles. The van der Waals surface area contributed by atoms with Crippen LogP contribution in [0.15, 0.2) is 24.3 Å². The first-order chi connectivity index (χ1) is 9.71. The Bertz CT molecular complexity index is 500. The molecule has 4 heteroatoms.